The van der Waals surface area contributed by atoms with Crippen LogP contribution in [0.1, 0.15) is 6.92 Å². The predicted octanol–water partition coefficient (Wildman–Crippen LogP) is 4.34. The lowest BCUT2D eigenvalue weighted by atomic mass is 10.1. The largest absolute Gasteiger partial charge is 0.497 e. The highest BCUT2D eigenvalue weighted by Gasteiger charge is 2.26. The number of carbonyl (C=O) groups excluding carboxylic acids is 1. The van der Waals surface area contributed by atoms with Crippen molar-refractivity contribution < 1.29 is 27.1 Å². The minimum atomic E-state index is -3.94. The van der Waals surface area contributed by atoms with E-state index in [-0.39, 0.29) is 17.4 Å². The first-order chi connectivity index (χ1) is 18.2. The molecule has 9 nitrogen and oxygen atoms in total. The number of sulfonamides is 1. The van der Waals surface area contributed by atoms with E-state index >= 15 is 0 Å². The molecule has 0 saturated heterocycles. The summed E-state index contributed by atoms with van der Waals surface area (Å²) < 4.78 is 52.8. The molecule has 1 N–H and O–H groups in total. The Balaban J connectivity index is 1.61. The van der Waals surface area contributed by atoms with Crippen molar-refractivity contribution >= 4 is 21.9 Å². The van der Waals surface area contributed by atoms with E-state index in [4.69, 9.17) is 9.47 Å². The summed E-state index contributed by atoms with van der Waals surface area (Å²) in [5.74, 6) is 0.365. The van der Waals surface area contributed by atoms with E-state index in [2.05, 4.69) is 10.3 Å². The average Bonchev–Trinajstić information content (AvgIpc) is 3.35. The lowest BCUT2D eigenvalue weighted by molar-refractivity contribution is -0.116. The predicted molar refractivity (Wildman–Crippen MR) is 142 cm³/mol. The number of anilines is 1. The summed E-state index contributed by atoms with van der Waals surface area (Å²) >= 11 is 0. The van der Waals surface area contributed by atoms with E-state index in [0.29, 0.717) is 22.9 Å². The molecule has 11 heteroatoms. The Hall–Kier alpha value is -4.22. The molecule has 4 rings (SSSR count). The highest BCUT2D eigenvalue weighted by molar-refractivity contribution is 7.89. The Morgan fingerprint density at radius 3 is 2.08 bits per heavy atom. The van der Waals surface area contributed by atoms with Crippen molar-refractivity contribution in [3.8, 4) is 28.4 Å². The molecule has 0 bridgehead atoms. The van der Waals surface area contributed by atoms with E-state index in [1.807, 2.05) is 12.1 Å². The third-order valence-corrected chi connectivity index (χ3v) is 7.75. The fraction of sp³-hybridized carbons (Fsp3) is 0.185. The molecule has 4 aromatic rings. The van der Waals surface area contributed by atoms with E-state index in [1.54, 1.807) is 61.2 Å². The van der Waals surface area contributed by atoms with Gasteiger partial charge >= 0.3 is 0 Å². The van der Waals surface area contributed by atoms with Crippen LogP contribution in [0.3, 0.4) is 0 Å². The van der Waals surface area contributed by atoms with E-state index in [1.165, 1.54) is 31.4 Å². The van der Waals surface area contributed by atoms with Gasteiger partial charge in [0.05, 0.1) is 31.4 Å². The molecule has 1 aromatic heterocycles. The zero-order chi connectivity index (χ0) is 27.3. The summed E-state index contributed by atoms with van der Waals surface area (Å²) in [6.45, 7) is 1.29. The second-order valence-corrected chi connectivity index (χ2v) is 10.1. The van der Waals surface area contributed by atoms with Gasteiger partial charge in [0.15, 0.2) is 0 Å². The summed E-state index contributed by atoms with van der Waals surface area (Å²) in [4.78, 5) is 17.7. The number of hydrogen-bond donors (Lipinski definition) is 1. The van der Waals surface area contributed by atoms with Crippen LogP contribution < -0.4 is 14.8 Å². The van der Waals surface area contributed by atoms with Crippen molar-refractivity contribution in [1.82, 2.24) is 13.9 Å². The van der Waals surface area contributed by atoms with Gasteiger partial charge in [0.25, 0.3) is 0 Å². The van der Waals surface area contributed by atoms with Crippen LogP contribution in [0.2, 0.25) is 0 Å². The number of nitrogens with zero attached hydrogens (tertiary/aromatic N) is 3. The normalized spacial score (nSPS) is 11.4. The van der Waals surface area contributed by atoms with Gasteiger partial charge in [-0.25, -0.2) is 17.8 Å². The zero-order valence-electron chi connectivity index (χ0n) is 21.1. The minimum Gasteiger partial charge on any atom is -0.497 e. The van der Waals surface area contributed by atoms with Crippen LogP contribution in [-0.2, 0) is 14.8 Å². The van der Waals surface area contributed by atoms with E-state index in [0.717, 1.165) is 9.87 Å². The number of likely N-dealkylation sites (N-methyl/N-ethyl adjacent to an activating group) is 1. The van der Waals surface area contributed by atoms with E-state index in [9.17, 15) is 17.6 Å². The monoisotopic (exact) mass is 538 g/mol. The van der Waals surface area contributed by atoms with Crippen molar-refractivity contribution in [2.45, 2.75) is 11.8 Å². The molecule has 0 atom stereocenters. The van der Waals surface area contributed by atoms with Crippen molar-refractivity contribution in [2.75, 3.05) is 32.6 Å². The van der Waals surface area contributed by atoms with Crippen molar-refractivity contribution in [2.24, 2.45) is 0 Å². The first-order valence-corrected chi connectivity index (χ1v) is 13.1. The number of rotatable bonds is 10. The second kappa shape index (κ2) is 11.4. The second-order valence-electron chi connectivity index (χ2n) is 8.18. The Morgan fingerprint density at radius 1 is 0.947 bits per heavy atom. The third kappa shape index (κ3) is 5.84. The maximum Gasteiger partial charge on any atom is 0.243 e. The number of benzene rings is 3. The fourth-order valence-corrected chi connectivity index (χ4v) is 5.16. The molecule has 0 aliphatic heterocycles. The summed E-state index contributed by atoms with van der Waals surface area (Å²) in [7, 11) is -0.881. The maximum absolute atomic E-state index is 13.6. The van der Waals surface area contributed by atoms with Crippen LogP contribution in [0.4, 0.5) is 10.3 Å². The highest BCUT2D eigenvalue weighted by Crippen LogP contribution is 2.26. The number of aromatic nitrogens is 2. The molecule has 198 valence electrons. The van der Waals surface area contributed by atoms with Gasteiger partial charge in [0, 0.05) is 24.0 Å². The number of halogens is 1. The van der Waals surface area contributed by atoms with E-state index < -0.39 is 28.3 Å². The number of ether oxygens (including phenoxy) is 2. The maximum atomic E-state index is 13.6. The van der Waals surface area contributed by atoms with Crippen molar-refractivity contribution in [3.63, 3.8) is 0 Å². The summed E-state index contributed by atoms with van der Waals surface area (Å²) in [6.07, 6.45) is 1.70. The smallest absolute Gasteiger partial charge is 0.243 e. The number of imidazole rings is 1. The summed E-state index contributed by atoms with van der Waals surface area (Å²) in [5, 5.41) is 2.71. The Labute approximate surface area is 220 Å². The highest BCUT2D eigenvalue weighted by atomic mass is 32.2. The van der Waals surface area contributed by atoms with Gasteiger partial charge in [-0.05, 0) is 72.8 Å². The molecule has 0 saturated carbocycles. The number of methoxy groups -OCH3 is 2. The van der Waals surface area contributed by atoms with Crippen molar-refractivity contribution in [3.05, 3.63) is 84.8 Å². The standard InChI is InChI=1S/C27H27FN4O5S/c1-4-31(38(34,35)24-15-13-23(37-3)14-16-24)18-26(33)30-27-29-25(19-5-11-22(36-2)12-6-19)17-32(27)21-9-7-20(28)8-10-21/h5-17H,4,18H2,1-3H3,(H,29,30,33). The molecule has 3 aromatic carbocycles. The number of amides is 1. The van der Waals surface area contributed by atoms with Crippen LogP contribution in [0.5, 0.6) is 11.5 Å². The molecule has 1 amide bonds. The lowest BCUT2D eigenvalue weighted by Gasteiger charge is -2.20. The van der Waals surface area contributed by atoms with Crippen LogP contribution >= 0.6 is 0 Å². The SMILES string of the molecule is CCN(CC(=O)Nc1nc(-c2ccc(OC)cc2)cn1-c1ccc(F)cc1)S(=O)(=O)c1ccc(OC)cc1. The van der Waals surface area contributed by atoms with Gasteiger partial charge in [0.2, 0.25) is 21.9 Å². The summed E-state index contributed by atoms with van der Waals surface area (Å²) in [6, 6.07) is 18.9. The number of carbonyl (C=O) groups is 1. The number of hydrogen-bond acceptors (Lipinski definition) is 6. The van der Waals surface area contributed by atoms with Crippen LogP contribution in [0.15, 0.2) is 83.9 Å². The molecule has 1 heterocycles. The van der Waals surface area contributed by atoms with Gasteiger partial charge in [-0.2, -0.15) is 4.31 Å². The average molecular weight is 539 g/mol. The summed E-state index contributed by atoms with van der Waals surface area (Å²) in [5.41, 5.74) is 1.87. The molecule has 0 unspecified atom stereocenters. The lowest BCUT2D eigenvalue weighted by Crippen LogP contribution is -2.38. The molecule has 0 fully saturated rings. The van der Waals surface area contributed by atoms with Gasteiger partial charge in [-0.3, -0.25) is 14.7 Å². The molecular formula is C27H27FN4O5S. The molecular weight excluding hydrogens is 511 g/mol. The molecule has 38 heavy (non-hydrogen) atoms. The van der Waals surface area contributed by atoms with Gasteiger partial charge in [-0.1, -0.05) is 6.92 Å². The van der Waals surface area contributed by atoms with Crippen molar-refractivity contribution in [1.29, 1.82) is 0 Å². The van der Waals surface area contributed by atoms with Gasteiger partial charge < -0.3 is 9.47 Å². The molecule has 0 aliphatic carbocycles. The van der Waals surface area contributed by atoms with Crippen LogP contribution in [-0.4, -0.2) is 55.5 Å². The van der Waals surface area contributed by atoms with Crippen LogP contribution in [0, 0.1) is 5.82 Å². The molecule has 0 spiro atoms. The molecule has 0 aliphatic rings. The topological polar surface area (TPSA) is 103 Å². The fourth-order valence-electron chi connectivity index (χ4n) is 3.76. The molecule has 0 radical (unpaired) electrons. The Bertz CT molecular complexity index is 1500. The number of nitrogens with one attached hydrogen (secondary N) is 1. The third-order valence-electron chi connectivity index (χ3n) is 5.82. The Morgan fingerprint density at radius 2 is 1.53 bits per heavy atom. The minimum absolute atomic E-state index is 0.0440. The first kappa shape index (κ1) is 26.8. The van der Waals surface area contributed by atoms with Gasteiger partial charge in [0.1, 0.15) is 17.3 Å². The van der Waals surface area contributed by atoms with Gasteiger partial charge in [-0.15, -0.1) is 0 Å². The van der Waals surface area contributed by atoms with Crippen LogP contribution in [0.25, 0.3) is 16.9 Å². The zero-order valence-corrected chi connectivity index (χ0v) is 21.9. The first-order valence-electron chi connectivity index (χ1n) is 11.7. The Kier molecular flexibility index (Phi) is 8.08. The quantitative estimate of drug-likeness (QED) is 0.322.